The highest BCUT2D eigenvalue weighted by Gasteiger charge is 2.21. The number of guanidine groups is 1. The molecule has 0 radical (unpaired) electrons. The Hall–Kier alpha value is -3.48. The summed E-state index contributed by atoms with van der Waals surface area (Å²) in [5.41, 5.74) is 2.88. The average Bonchev–Trinajstić information content (AvgIpc) is 3.08. The van der Waals surface area contributed by atoms with Gasteiger partial charge in [0, 0.05) is 43.4 Å². The fourth-order valence-electron chi connectivity index (χ4n) is 3.56. The van der Waals surface area contributed by atoms with Crippen LogP contribution in [0.25, 0.3) is 0 Å². The summed E-state index contributed by atoms with van der Waals surface area (Å²) in [5, 5.41) is 6.56. The van der Waals surface area contributed by atoms with E-state index >= 15 is 0 Å². The van der Waals surface area contributed by atoms with Gasteiger partial charge in [0.25, 0.3) is 0 Å². The molecule has 7 nitrogen and oxygen atoms in total. The minimum atomic E-state index is 0.195. The standard InChI is InChI=1S/C24H28N4O3/c1-2-12-25-24(27-19-8-11-21-22(16-19)31-15-4-14-30-21)26-17-18-6-9-20(10-7-18)28-13-3-5-23(28)29/h2,6-11,16H,1,3-5,12-15,17H2,(H2,25,26,27). The normalized spacial score (nSPS) is 16.1. The molecule has 1 amide bonds. The Labute approximate surface area is 182 Å². The number of anilines is 2. The second-order valence-electron chi connectivity index (χ2n) is 7.49. The van der Waals surface area contributed by atoms with E-state index in [2.05, 4.69) is 17.2 Å². The Kier molecular flexibility index (Phi) is 6.72. The molecule has 2 aromatic rings. The molecule has 2 N–H and O–H groups in total. The van der Waals surface area contributed by atoms with E-state index in [-0.39, 0.29) is 5.91 Å². The van der Waals surface area contributed by atoms with Crippen molar-refractivity contribution in [2.45, 2.75) is 25.8 Å². The van der Waals surface area contributed by atoms with Crippen LogP contribution in [0.15, 0.2) is 60.1 Å². The molecule has 0 aliphatic carbocycles. The van der Waals surface area contributed by atoms with Crippen molar-refractivity contribution in [3.05, 3.63) is 60.7 Å². The molecule has 0 atom stereocenters. The second kappa shape index (κ2) is 10.0. The average molecular weight is 421 g/mol. The summed E-state index contributed by atoms with van der Waals surface area (Å²) in [5.74, 6) is 2.34. The first-order valence-corrected chi connectivity index (χ1v) is 10.7. The van der Waals surface area contributed by atoms with Gasteiger partial charge >= 0.3 is 0 Å². The van der Waals surface area contributed by atoms with Crippen LogP contribution in [0.4, 0.5) is 11.4 Å². The van der Waals surface area contributed by atoms with E-state index in [4.69, 9.17) is 14.5 Å². The first-order valence-electron chi connectivity index (χ1n) is 10.7. The van der Waals surface area contributed by atoms with Crippen LogP contribution in [-0.2, 0) is 11.3 Å². The minimum Gasteiger partial charge on any atom is -0.490 e. The number of carbonyl (C=O) groups excluding carboxylic acids is 1. The number of ether oxygens (including phenoxy) is 2. The smallest absolute Gasteiger partial charge is 0.227 e. The number of fused-ring (bicyclic) bond motifs is 1. The number of carbonyl (C=O) groups is 1. The van der Waals surface area contributed by atoms with E-state index in [1.165, 1.54) is 0 Å². The molecule has 1 fully saturated rings. The van der Waals surface area contributed by atoms with Gasteiger partial charge in [-0.3, -0.25) is 4.79 Å². The number of benzene rings is 2. The molecule has 4 rings (SSSR count). The zero-order valence-corrected chi connectivity index (χ0v) is 17.6. The van der Waals surface area contributed by atoms with E-state index in [1.807, 2.05) is 47.4 Å². The summed E-state index contributed by atoms with van der Waals surface area (Å²) in [6.07, 6.45) is 4.22. The maximum atomic E-state index is 11.9. The van der Waals surface area contributed by atoms with Gasteiger partial charge in [-0.25, -0.2) is 4.99 Å². The molecule has 2 heterocycles. The van der Waals surface area contributed by atoms with Gasteiger partial charge in [-0.1, -0.05) is 18.2 Å². The molecule has 2 aliphatic rings. The first kappa shape index (κ1) is 20.8. The van der Waals surface area contributed by atoms with Crippen molar-refractivity contribution in [1.29, 1.82) is 0 Å². The number of aliphatic imine (C=N–C) groups is 1. The van der Waals surface area contributed by atoms with Crippen LogP contribution in [0.3, 0.4) is 0 Å². The topological polar surface area (TPSA) is 75.2 Å². The van der Waals surface area contributed by atoms with Crippen molar-refractivity contribution in [1.82, 2.24) is 5.32 Å². The van der Waals surface area contributed by atoms with Gasteiger partial charge in [0.1, 0.15) is 0 Å². The van der Waals surface area contributed by atoms with E-state index < -0.39 is 0 Å². The lowest BCUT2D eigenvalue weighted by molar-refractivity contribution is -0.117. The Morgan fingerprint density at radius 1 is 1.10 bits per heavy atom. The zero-order valence-electron chi connectivity index (χ0n) is 17.6. The van der Waals surface area contributed by atoms with Gasteiger partial charge in [-0.05, 0) is 36.2 Å². The lowest BCUT2D eigenvalue weighted by atomic mass is 10.2. The molecule has 2 aromatic carbocycles. The van der Waals surface area contributed by atoms with E-state index in [0.717, 1.165) is 47.8 Å². The van der Waals surface area contributed by atoms with Crippen molar-refractivity contribution in [2.24, 2.45) is 4.99 Å². The van der Waals surface area contributed by atoms with Crippen LogP contribution in [0, 0.1) is 0 Å². The highest BCUT2D eigenvalue weighted by Crippen LogP contribution is 2.32. The largest absolute Gasteiger partial charge is 0.490 e. The molecule has 31 heavy (non-hydrogen) atoms. The summed E-state index contributed by atoms with van der Waals surface area (Å²) in [7, 11) is 0. The lowest BCUT2D eigenvalue weighted by Gasteiger charge is -2.16. The molecular formula is C24H28N4O3. The van der Waals surface area contributed by atoms with Crippen molar-refractivity contribution in [3.8, 4) is 11.5 Å². The Bertz CT molecular complexity index is 956. The van der Waals surface area contributed by atoms with Crippen LogP contribution in [0.5, 0.6) is 11.5 Å². The number of amides is 1. The predicted molar refractivity (Wildman–Crippen MR) is 123 cm³/mol. The first-order chi connectivity index (χ1) is 15.2. The van der Waals surface area contributed by atoms with Crippen LogP contribution < -0.4 is 25.0 Å². The summed E-state index contributed by atoms with van der Waals surface area (Å²) in [6.45, 7) is 6.97. The molecule has 1 saturated heterocycles. The van der Waals surface area contributed by atoms with Crippen molar-refractivity contribution >= 4 is 23.2 Å². The van der Waals surface area contributed by atoms with E-state index in [9.17, 15) is 4.79 Å². The zero-order chi connectivity index (χ0) is 21.5. The van der Waals surface area contributed by atoms with Gasteiger partial charge in [-0.15, -0.1) is 6.58 Å². The number of hydrogen-bond donors (Lipinski definition) is 2. The quantitative estimate of drug-likeness (QED) is 0.423. The lowest BCUT2D eigenvalue weighted by Crippen LogP contribution is -2.31. The van der Waals surface area contributed by atoms with Gasteiger partial charge in [-0.2, -0.15) is 0 Å². The van der Waals surface area contributed by atoms with E-state index in [1.54, 1.807) is 6.08 Å². The second-order valence-corrected chi connectivity index (χ2v) is 7.49. The Morgan fingerprint density at radius 2 is 1.90 bits per heavy atom. The van der Waals surface area contributed by atoms with Gasteiger partial charge in [0.15, 0.2) is 17.5 Å². The van der Waals surface area contributed by atoms with Crippen molar-refractivity contribution in [2.75, 3.05) is 36.5 Å². The number of rotatable bonds is 6. The maximum Gasteiger partial charge on any atom is 0.227 e. The third kappa shape index (κ3) is 5.36. The summed E-state index contributed by atoms with van der Waals surface area (Å²) in [4.78, 5) is 18.5. The van der Waals surface area contributed by atoms with Crippen molar-refractivity contribution < 1.29 is 14.3 Å². The third-order valence-electron chi connectivity index (χ3n) is 5.17. The Morgan fingerprint density at radius 3 is 2.65 bits per heavy atom. The SMILES string of the molecule is C=CCNC(=NCc1ccc(N2CCCC2=O)cc1)Nc1ccc2c(c1)OCCCO2. The highest BCUT2D eigenvalue weighted by atomic mass is 16.5. The Balaban J connectivity index is 1.44. The number of nitrogens with zero attached hydrogens (tertiary/aromatic N) is 2. The molecule has 0 bridgehead atoms. The van der Waals surface area contributed by atoms with Gasteiger partial charge in [0.05, 0.1) is 19.8 Å². The minimum absolute atomic E-state index is 0.195. The highest BCUT2D eigenvalue weighted by molar-refractivity contribution is 5.95. The fourth-order valence-corrected chi connectivity index (χ4v) is 3.56. The summed E-state index contributed by atoms with van der Waals surface area (Å²) in [6, 6.07) is 13.8. The molecule has 162 valence electrons. The van der Waals surface area contributed by atoms with Crippen LogP contribution in [-0.4, -0.2) is 38.2 Å². The van der Waals surface area contributed by atoms with E-state index in [0.29, 0.717) is 38.7 Å². The predicted octanol–water partition coefficient (Wildman–Crippen LogP) is 3.72. The fraction of sp³-hybridized carbons (Fsp3) is 0.333. The van der Waals surface area contributed by atoms with Crippen molar-refractivity contribution in [3.63, 3.8) is 0 Å². The maximum absolute atomic E-state index is 11.9. The van der Waals surface area contributed by atoms with Gasteiger partial charge in [0.2, 0.25) is 5.91 Å². The molecule has 0 aromatic heterocycles. The molecule has 0 unspecified atom stereocenters. The molecule has 0 spiro atoms. The molecule has 2 aliphatic heterocycles. The third-order valence-corrected chi connectivity index (χ3v) is 5.17. The van der Waals surface area contributed by atoms with Gasteiger partial charge < -0.3 is 25.0 Å². The monoisotopic (exact) mass is 420 g/mol. The van der Waals surface area contributed by atoms with Crippen LogP contribution >= 0.6 is 0 Å². The summed E-state index contributed by atoms with van der Waals surface area (Å²) >= 11 is 0. The van der Waals surface area contributed by atoms with Crippen LogP contribution in [0.1, 0.15) is 24.8 Å². The summed E-state index contributed by atoms with van der Waals surface area (Å²) < 4.78 is 11.5. The van der Waals surface area contributed by atoms with Crippen LogP contribution in [0.2, 0.25) is 0 Å². The number of hydrogen-bond acceptors (Lipinski definition) is 4. The molecule has 0 saturated carbocycles. The molecular weight excluding hydrogens is 392 g/mol. The molecule has 7 heteroatoms. The number of nitrogens with one attached hydrogen (secondary N) is 2.